The lowest BCUT2D eigenvalue weighted by molar-refractivity contribution is -0.384. The molecule has 2 saturated heterocycles. The van der Waals surface area contributed by atoms with Crippen LogP contribution in [0.15, 0.2) is 78.9 Å². The highest BCUT2D eigenvalue weighted by atomic mass is 16.7. The van der Waals surface area contributed by atoms with Gasteiger partial charge in [-0.05, 0) is 42.0 Å². The van der Waals surface area contributed by atoms with Crippen LogP contribution in [0, 0.1) is 16.0 Å². The molecule has 2 heterocycles. The second kappa shape index (κ2) is 8.65. The lowest BCUT2D eigenvalue weighted by atomic mass is 9.90. The molecule has 0 aliphatic carbocycles. The van der Waals surface area contributed by atoms with E-state index >= 15 is 0 Å². The van der Waals surface area contributed by atoms with Crippen LogP contribution in [0.25, 0.3) is 0 Å². The largest absolute Gasteiger partial charge is 0.465 e. The number of ether oxygens (including phenoxy) is 1. The number of amides is 2. The summed E-state index contributed by atoms with van der Waals surface area (Å²) in [6, 6.07) is 20.0. The zero-order valence-electron chi connectivity index (χ0n) is 18.4. The van der Waals surface area contributed by atoms with Crippen LogP contribution >= 0.6 is 0 Å². The number of hydroxylamine groups is 1. The normalized spacial score (nSPS) is 21.2. The van der Waals surface area contributed by atoms with Gasteiger partial charge >= 0.3 is 5.97 Å². The minimum absolute atomic E-state index is 0.133. The average molecular weight is 473 g/mol. The van der Waals surface area contributed by atoms with Crippen LogP contribution in [0.5, 0.6) is 0 Å². The highest BCUT2D eigenvalue weighted by Crippen LogP contribution is 2.47. The number of rotatable bonds is 5. The Labute approximate surface area is 199 Å². The molecular weight excluding hydrogens is 454 g/mol. The van der Waals surface area contributed by atoms with Crippen LogP contribution in [0.2, 0.25) is 0 Å². The molecule has 0 spiro atoms. The summed E-state index contributed by atoms with van der Waals surface area (Å²) in [6.07, 6.45) is -1.12. The SMILES string of the molecule is COC(=O)c1ccc(N2C(=O)[C@H]3[C@@H](ON(c4ccccc4)[C@H]3c3cccc([N+](=O)[O-])c3)C2=O)cc1. The summed E-state index contributed by atoms with van der Waals surface area (Å²) in [7, 11) is 1.26. The van der Waals surface area contributed by atoms with Crippen molar-refractivity contribution in [3.63, 3.8) is 0 Å². The van der Waals surface area contributed by atoms with Crippen molar-refractivity contribution in [3.8, 4) is 0 Å². The number of methoxy groups -OCH3 is 1. The summed E-state index contributed by atoms with van der Waals surface area (Å²) in [5, 5.41) is 12.9. The predicted octanol–water partition coefficient (Wildman–Crippen LogP) is 3.43. The summed E-state index contributed by atoms with van der Waals surface area (Å²) < 4.78 is 4.69. The number of benzene rings is 3. The van der Waals surface area contributed by atoms with Crippen LogP contribution in [0.3, 0.4) is 0 Å². The summed E-state index contributed by atoms with van der Waals surface area (Å²) >= 11 is 0. The summed E-state index contributed by atoms with van der Waals surface area (Å²) in [5.41, 5.74) is 1.50. The Kier molecular flexibility index (Phi) is 5.50. The average Bonchev–Trinajstić information content (AvgIpc) is 3.40. The number of hydrogen-bond donors (Lipinski definition) is 0. The van der Waals surface area contributed by atoms with E-state index in [-0.39, 0.29) is 16.9 Å². The molecule has 10 heteroatoms. The first-order chi connectivity index (χ1) is 16.9. The Morgan fingerprint density at radius 1 is 0.943 bits per heavy atom. The molecule has 5 rings (SSSR count). The second-order valence-corrected chi connectivity index (χ2v) is 8.06. The maximum atomic E-state index is 13.6. The third-order valence-electron chi connectivity index (χ3n) is 6.10. The maximum absolute atomic E-state index is 13.6. The third kappa shape index (κ3) is 3.69. The number of fused-ring (bicyclic) bond motifs is 1. The van der Waals surface area contributed by atoms with E-state index in [9.17, 15) is 24.5 Å². The van der Waals surface area contributed by atoms with E-state index < -0.39 is 40.8 Å². The van der Waals surface area contributed by atoms with Crippen molar-refractivity contribution in [3.05, 3.63) is 100 Å². The van der Waals surface area contributed by atoms with Gasteiger partial charge in [0.25, 0.3) is 11.6 Å². The number of non-ortho nitro benzene ring substituents is 1. The standard InChI is InChI=1S/C25H19N3O7/c1-34-25(31)15-10-12-17(13-11-15)26-23(29)20-21(16-6-5-9-19(14-16)28(32)33)27(35-22(20)24(26)30)18-7-3-2-4-8-18/h2-14,20-22H,1H3/t20-,21+,22-/m1/s1. The number of hydrogen-bond acceptors (Lipinski definition) is 8. The predicted molar refractivity (Wildman–Crippen MR) is 123 cm³/mol. The Hall–Kier alpha value is -4.57. The number of carbonyl (C=O) groups is 3. The van der Waals surface area contributed by atoms with Crippen LogP contribution in [-0.2, 0) is 19.2 Å². The van der Waals surface area contributed by atoms with E-state index in [1.165, 1.54) is 54.6 Å². The van der Waals surface area contributed by atoms with Gasteiger partial charge in [-0.15, -0.1) is 0 Å². The van der Waals surface area contributed by atoms with E-state index in [1.54, 1.807) is 30.3 Å². The van der Waals surface area contributed by atoms with Gasteiger partial charge in [0.2, 0.25) is 5.91 Å². The molecular formula is C25H19N3O7. The molecule has 0 bridgehead atoms. The van der Waals surface area contributed by atoms with Crippen LogP contribution in [0.4, 0.5) is 17.1 Å². The summed E-state index contributed by atoms with van der Waals surface area (Å²) in [4.78, 5) is 56.7. The zero-order chi connectivity index (χ0) is 24.7. The molecule has 3 atom stereocenters. The van der Waals surface area contributed by atoms with Crippen molar-refractivity contribution in [2.24, 2.45) is 5.92 Å². The fourth-order valence-corrected chi connectivity index (χ4v) is 4.49. The van der Waals surface area contributed by atoms with Crippen molar-refractivity contribution in [2.45, 2.75) is 12.1 Å². The maximum Gasteiger partial charge on any atom is 0.337 e. The van der Waals surface area contributed by atoms with Gasteiger partial charge in [0.15, 0.2) is 6.10 Å². The number of para-hydroxylation sites is 1. The first-order valence-corrected chi connectivity index (χ1v) is 10.7. The zero-order valence-corrected chi connectivity index (χ0v) is 18.4. The molecule has 0 N–H and O–H groups in total. The molecule has 3 aromatic rings. The van der Waals surface area contributed by atoms with E-state index in [2.05, 4.69) is 4.74 Å². The van der Waals surface area contributed by atoms with E-state index in [1.807, 2.05) is 6.07 Å². The minimum atomic E-state index is -1.12. The Balaban J connectivity index is 1.55. The molecule has 2 fully saturated rings. The van der Waals surface area contributed by atoms with Crippen molar-refractivity contribution in [2.75, 3.05) is 17.1 Å². The van der Waals surface area contributed by atoms with Gasteiger partial charge < -0.3 is 4.74 Å². The number of nitrogens with zero attached hydrogens (tertiary/aromatic N) is 3. The quantitative estimate of drug-likeness (QED) is 0.239. The third-order valence-corrected chi connectivity index (χ3v) is 6.10. The number of nitro benzene ring substituents is 1. The van der Waals surface area contributed by atoms with Crippen molar-refractivity contribution in [1.29, 1.82) is 0 Å². The van der Waals surface area contributed by atoms with Gasteiger partial charge in [-0.2, -0.15) is 0 Å². The van der Waals surface area contributed by atoms with Gasteiger partial charge in [-0.1, -0.05) is 30.3 Å². The smallest absolute Gasteiger partial charge is 0.337 e. The molecule has 2 aliphatic heterocycles. The summed E-state index contributed by atoms with van der Waals surface area (Å²) in [5.74, 6) is -2.54. The number of anilines is 2. The molecule has 0 saturated carbocycles. The fraction of sp³-hybridized carbons (Fsp3) is 0.160. The molecule has 2 aliphatic rings. The lowest BCUT2D eigenvalue weighted by Gasteiger charge is -2.28. The molecule has 0 radical (unpaired) electrons. The minimum Gasteiger partial charge on any atom is -0.465 e. The molecule has 0 aromatic heterocycles. The van der Waals surface area contributed by atoms with Gasteiger partial charge in [-0.3, -0.25) is 24.5 Å². The number of nitro groups is 1. The van der Waals surface area contributed by atoms with E-state index in [0.29, 0.717) is 11.3 Å². The van der Waals surface area contributed by atoms with Gasteiger partial charge in [0.05, 0.1) is 35.0 Å². The van der Waals surface area contributed by atoms with Crippen LogP contribution in [0.1, 0.15) is 22.0 Å². The van der Waals surface area contributed by atoms with E-state index in [0.717, 1.165) is 4.90 Å². The number of imide groups is 1. The van der Waals surface area contributed by atoms with Gasteiger partial charge in [0, 0.05) is 12.1 Å². The second-order valence-electron chi connectivity index (χ2n) is 8.06. The summed E-state index contributed by atoms with van der Waals surface area (Å²) in [6.45, 7) is 0. The fourth-order valence-electron chi connectivity index (χ4n) is 4.49. The van der Waals surface area contributed by atoms with Crippen LogP contribution < -0.4 is 9.96 Å². The highest BCUT2D eigenvalue weighted by Gasteiger charge is 2.60. The Bertz CT molecular complexity index is 1330. The van der Waals surface area contributed by atoms with E-state index in [4.69, 9.17) is 4.84 Å². The molecule has 2 amide bonds. The lowest BCUT2D eigenvalue weighted by Crippen LogP contribution is -2.37. The number of esters is 1. The molecule has 35 heavy (non-hydrogen) atoms. The van der Waals surface area contributed by atoms with Gasteiger partial charge in [-0.25, -0.2) is 14.8 Å². The topological polar surface area (TPSA) is 119 Å². The Morgan fingerprint density at radius 3 is 2.31 bits per heavy atom. The van der Waals surface area contributed by atoms with Crippen molar-refractivity contribution < 1.29 is 28.9 Å². The number of carbonyl (C=O) groups excluding carboxylic acids is 3. The van der Waals surface area contributed by atoms with Crippen LogP contribution in [-0.4, -0.2) is 35.9 Å². The monoisotopic (exact) mass is 473 g/mol. The van der Waals surface area contributed by atoms with Crippen molar-refractivity contribution in [1.82, 2.24) is 0 Å². The van der Waals surface area contributed by atoms with Gasteiger partial charge in [0.1, 0.15) is 5.92 Å². The van der Waals surface area contributed by atoms with Crippen molar-refractivity contribution >= 4 is 34.8 Å². The molecule has 0 unspecified atom stereocenters. The molecule has 10 nitrogen and oxygen atoms in total. The first kappa shape index (κ1) is 22.2. The molecule has 3 aromatic carbocycles. The Morgan fingerprint density at radius 2 is 1.66 bits per heavy atom. The first-order valence-electron chi connectivity index (χ1n) is 10.7. The molecule has 176 valence electrons. The highest BCUT2D eigenvalue weighted by molar-refractivity contribution is 6.24.